The summed E-state index contributed by atoms with van der Waals surface area (Å²) in [5, 5.41) is -0.0695. The smallest absolute Gasteiger partial charge is 0.300 e. The molecule has 1 aliphatic rings. The SMILES string of the molecule is COc1ncc(-c2ccc3ncc(OCCN4CCOCC4)c(=O)n3c2)cc1NS(=O)(=O)c1c(Cl)cccc1Cl. The van der Waals surface area contributed by atoms with Crippen LogP contribution >= 0.6 is 23.2 Å². The van der Waals surface area contributed by atoms with Gasteiger partial charge in [0.05, 0.1) is 36.6 Å². The predicted octanol–water partition coefficient (Wildman–Crippen LogP) is 3.58. The molecule has 1 saturated heterocycles. The van der Waals surface area contributed by atoms with Gasteiger partial charge < -0.3 is 14.2 Å². The van der Waals surface area contributed by atoms with Crippen LogP contribution in [-0.4, -0.2) is 74.3 Å². The van der Waals surface area contributed by atoms with Gasteiger partial charge in [-0.15, -0.1) is 0 Å². The molecule has 1 aromatic carbocycles. The third-order valence-corrected chi connectivity index (χ3v) is 8.57. The summed E-state index contributed by atoms with van der Waals surface area (Å²) in [6, 6.07) is 9.35. The van der Waals surface area contributed by atoms with Crippen molar-refractivity contribution in [3.8, 4) is 22.8 Å². The summed E-state index contributed by atoms with van der Waals surface area (Å²) in [7, 11) is -2.83. The lowest BCUT2D eigenvalue weighted by atomic mass is 10.1. The van der Waals surface area contributed by atoms with Crippen molar-refractivity contribution in [1.82, 2.24) is 19.3 Å². The van der Waals surface area contributed by atoms with Crippen molar-refractivity contribution in [2.75, 3.05) is 51.3 Å². The highest BCUT2D eigenvalue weighted by molar-refractivity contribution is 7.93. The number of hydrogen-bond acceptors (Lipinski definition) is 9. The maximum atomic E-state index is 13.2. The number of rotatable bonds is 9. The molecule has 11 nitrogen and oxygen atoms in total. The van der Waals surface area contributed by atoms with E-state index in [0.717, 1.165) is 13.1 Å². The van der Waals surface area contributed by atoms with Gasteiger partial charge >= 0.3 is 0 Å². The van der Waals surface area contributed by atoms with E-state index in [1.54, 1.807) is 24.4 Å². The summed E-state index contributed by atoms with van der Waals surface area (Å²) >= 11 is 12.3. The lowest BCUT2D eigenvalue weighted by molar-refractivity contribution is 0.0321. The highest BCUT2D eigenvalue weighted by atomic mass is 35.5. The Morgan fingerprint density at radius 2 is 1.80 bits per heavy atom. The second-order valence-electron chi connectivity index (χ2n) is 8.81. The van der Waals surface area contributed by atoms with Crippen LogP contribution in [0.2, 0.25) is 10.0 Å². The molecule has 1 fully saturated rings. The lowest BCUT2D eigenvalue weighted by Crippen LogP contribution is -2.38. The number of ether oxygens (including phenoxy) is 3. The van der Waals surface area contributed by atoms with Gasteiger partial charge in [-0.05, 0) is 30.3 Å². The summed E-state index contributed by atoms with van der Waals surface area (Å²) in [6.07, 6.45) is 4.51. The molecule has 0 amide bonds. The Labute approximate surface area is 240 Å². The van der Waals surface area contributed by atoms with Crippen LogP contribution in [-0.2, 0) is 14.8 Å². The van der Waals surface area contributed by atoms with E-state index in [2.05, 4.69) is 19.6 Å². The number of hydrogen-bond donors (Lipinski definition) is 1. The molecular weight excluding hydrogens is 581 g/mol. The van der Waals surface area contributed by atoms with Crippen molar-refractivity contribution in [2.24, 2.45) is 0 Å². The molecule has 1 N–H and O–H groups in total. The minimum Gasteiger partial charge on any atom is -0.485 e. The summed E-state index contributed by atoms with van der Waals surface area (Å²) in [4.78, 5) is 23.7. The zero-order valence-electron chi connectivity index (χ0n) is 21.3. The highest BCUT2D eigenvalue weighted by Crippen LogP contribution is 2.34. The third-order valence-electron chi connectivity index (χ3n) is 6.25. The van der Waals surface area contributed by atoms with Crippen molar-refractivity contribution >= 4 is 44.6 Å². The van der Waals surface area contributed by atoms with Gasteiger partial charge in [0, 0.05) is 43.2 Å². The highest BCUT2D eigenvalue weighted by Gasteiger charge is 2.24. The van der Waals surface area contributed by atoms with Gasteiger partial charge in [0.25, 0.3) is 15.6 Å². The number of sulfonamides is 1. The van der Waals surface area contributed by atoms with Crippen LogP contribution in [0.15, 0.2) is 64.7 Å². The van der Waals surface area contributed by atoms with Gasteiger partial charge in [-0.3, -0.25) is 18.8 Å². The van der Waals surface area contributed by atoms with Gasteiger partial charge in [0.1, 0.15) is 22.8 Å². The number of methoxy groups -OCH3 is 1. The fourth-order valence-electron chi connectivity index (χ4n) is 4.22. The number of nitrogens with one attached hydrogen (secondary N) is 1. The standard InChI is InChI=1S/C26H25Cl2N5O6S/c1-37-25-21(31-40(35,36)24-19(27)3-2-4-20(24)28)13-18(14-30-25)17-5-6-23-29-15-22(26(34)33(23)16-17)39-12-9-32-7-10-38-11-8-32/h2-6,13-16,31H,7-12H2,1H3. The average molecular weight is 606 g/mol. The number of nitrogens with zero attached hydrogens (tertiary/aromatic N) is 4. The second-order valence-corrected chi connectivity index (χ2v) is 11.2. The zero-order chi connectivity index (χ0) is 28.3. The molecule has 3 aromatic heterocycles. The van der Waals surface area contributed by atoms with E-state index < -0.39 is 10.0 Å². The first-order valence-electron chi connectivity index (χ1n) is 12.2. The van der Waals surface area contributed by atoms with E-state index in [0.29, 0.717) is 43.1 Å². The number of aromatic nitrogens is 3. The number of halogens is 2. The number of fused-ring (bicyclic) bond motifs is 1. The molecule has 0 unspecified atom stereocenters. The average Bonchev–Trinajstić information content (AvgIpc) is 2.94. The van der Waals surface area contributed by atoms with E-state index in [9.17, 15) is 13.2 Å². The Bertz CT molecular complexity index is 1690. The Balaban J connectivity index is 1.43. The molecule has 40 heavy (non-hydrogen) atoms. The van der Waals surface area contributed by atoms with Gasteiger partial charge in [0.15, 0.2) is 0 Å². The largest absolute Gasteiger partial charge is 0.485 e. The molecule has 0 saturated carbocycles. The number of anilines is 1. The maximum absolute atomic E-state index is 13.2. The first-order chi connectivity index (χ1) is 19.3. The molecular formula is C26H25Cl2N5O6S. The normalized spacial score (nSPS) is 14.3. The monoisotopic (exact) mass is 605 g/mol. The van der Waals surface area contributed by atoms with Crippen LogP contribution in [0.25, 0.3) is 16.8 Å². The first-order valence-corrected chi connectivity index (χ1v) is 14.5. The van der Waals surface area contributed by atoms with Crippen molar-refractivity contribution in [1.29, 1.82) is 0 Å². The van der Waals surface area contributed by atoms with Crippen molar-refractivity contribution in [3.63, 3.8) is 0 Å². The topological polar surface area (TPSA) is 124 Å². The van der Waals surface area contributed by atoms with Crippen molar-refractivity contribution < 1.29 is 22.6 Å². The minimum atomic E-state index is -4.20. The van der Waals surface area contributed by atoms with Crippen LogP contribution in [0, 0.1) is 0 Å². The van der Waals surface area contributed by atoms with Gasteiger partial charge in [0.2, 0.25) is 11.6 Å². The minimum absolute atomic E-state index is 0.0334. The molecule has 14 heteroatoms. The molecule has 0 atom stereocenters. The maximum Gasteiger partial charge on any atom is 0.300 e. The van der Waals surface area contributed by atoms with Gasteiger partial charge in [-0.2, -0.15) is 0 Å². The van der Waals surface area contributed by atoms with Crippen LogP contribution in [0.3, 0.4) is 0 Å². The van der Waals surface area contributed by atoms with Crippen molar-refractivity contribution in [2.45, 2.75) is 4.90 Å². The zero-order valence-corrected chi connectivity index (χ0v) is 23.7. The molecule has 210 valence electrons. The van der Waals surface area contributed by atoms with Crippen LogP contribution in [0.5, 0.6) is 11.6 Å². The molecule has 5 rings (SSSR count). The first kappa shape index (κ1) is 28.1. The molecule has 0 bridgehead atoms. The van der Waals surface area contributed by atoms with E-state index in [-0.39, 0.29) is 37.8 Å². The Kier molecular flexibility index (Phi) is 8.43. The van der Waals surface area contributed by atoms with E-state index in [1.165, 1.54) is 42.1 Å². The molecule has 4 heterocycles. The molecule has 0 radical (unpaired) electrons. The molecule has 4 aromatic rings. The Morgan fingerprint density at radius 1 is 1.05 bits per heavy atom. The van der Waals surface area contributed by atoms with E-state index >= 15 is 0 Å². The van der Waals surface area contributed by atoms with Crippen LogP contribution < -0.4 is 19.8 Å². The number of morpholine rings is 1. The Morgan fingerprint density at radius 3 is 2.52 bits per heavy atom. The summed E-state index contributed by atoms with van der Waals surface area (Å²) in [5.74, 6) is 0.159. The van der Waals surface area contributed by atoms with Gasteiger partial charge in [-0.1, -0.05) is 29.3 Å². The third kappa shape index (κ3) is 6.01. The fourth-order valence-corrected chi connectivity index (χ4v) is 6.41. The quantitative estimate of drug-likeness (QED) is 0.305. The molecule has 0 spiro atoms. The second kappa shape index (κ2) is 12.0. The fraction of sp³-hybridized carbons (Fsp3) is 0.269. The van der Waals surface area contributed by atoms with Crippen molar-refractivity contribution in [3.05, 3.63) is 75.4 Å². The van der Waals surface area contributed by atoms with Crippen LogP contribution in [0.4, 0.5) is 5.69 Å². The summed E-state index contributed by atoms with van der Waals surface area (Å²) in [5.41, 5.74) is 1.20. The number of pyridine rings is 2. The van der Waals surface area contributed by atoms with Crippen LogP contribution in [0.1, 0.15) is 0 Å². The van der Waals surface area contributed by atoms with E-state index in [4.69, 9.17) is 37.4 Å². The molecule has 1 aliphatic heterocycles. The summed E-state index contributed by atoms with van der Waals surface area (Å²) in [6.45, 7) is 4.01. The van der Waals surface area contributed by atoms with E-state index in [1.807, 2.05) is 0 Å². The number of benzene rings is 1. The predicted molar refractivity (Wildman–Crippen MR) is 151 cm³/mol. The lowest BCUT2D eigenvalue weighted by Gasteiger charge is -2.26. The molecule has 0 aliphatic carbocycles. The van der Waals surface area contributed by atoms with Gasteiger partial charge in [-0.25, -0.2) is 18.4 Å². The Hall–Kier alpha value is -3.42. The summed E-state index contributed by atoms with van der Waals surface area (Å²) < 4.78 is 46.5.